The molecule has 0 radical (unpaired) electrons. The molecule has 0 aliphatic heterocycles. The number of nitrogens with zero attached hydrogens (tertiary/aromatic N) is 2. The number of hydrogen-bond donors (Lipinski definition) is 1. The van der Waals surface area contributed by atoms with Crippen molar-refractivity contribution in [2.75, 3.05) is 13.2 Å². The third-order valence-electron chi connectivity index (χ3n) is 11.1. The van der Waals surface area contributed by atoms with E-state index in [0.717, 1.165) is 73.9 Å². The Kier molecular flexibility index (Phi) is 16.6. The molecule has 0 saturated heterocycles. The zero-order valence-corrected chi connectivity index (χ0v) is 37.7. The minimum absolute atomic E-state index is 0.0793. The Balaban J connectivity index is 0.000000236. The van der Waals surface area contributed by atoms with Gasteiger partial charge >= 0.3 is 11.9 Å². The summed E-state index contributed by atoms with van der Waals surface area (Å²) >= 11 is 0. The summed E-state index contributed by atoms with van der Waals surface area (Å²) in [5.74, 6) is 0.986. The number of carboxylic acids is 1. The number of esters is 1. The third-order valence-corrected chi connectivity index (χ3v) is 11.1. The summed E-state index contributed by atoms with van der Waals surface area (Å²) < 4.78 is 67.0. The van der Waals surface area contributed by atoms with Gasteiger partial charge in [0.25, 0.3) is 0 Å². The van der Waals surface area contributed by atoms with E-state index in [1.54, 1.807) is 52.0 Å². The molecule has 0 spiro atoms. The molecule has 4 atom stereocenters. The van der Waals surface area contributed by atoms with Gasteiger partial charge in [0.15, 0.2) is 11.2 Å². The molecule has 0 amide bonds. The molecule has 2 aliphatic carbocycles. The van der Waals surface area contributed by atoms with E-state index >= 15 is 0 Å². The lowest BCUT2D eigenvalue weighted by Crippen LogP contribution is -2.42. The highest BCUT2D eigenvalue weighted by atomic mass is 19.1. The van der Waals surface area contributed by atoms with Crippen molar-refractivity contribution >= 4 is 11.9 Å². The Morgan fingerprint density at radius 3 is 1.45 bits per heavy atom. The summed E-state index contributed by atoms with van der Waals surface area (Å²) in [6.07, 6.45) is 7.93. The Hall–Kier alpha value is -4.50. The summed E-state index contributed by atoms with van der Waals surface area (Å²) in [6.45, 7) is 17.5. The SMILES string of the molecule is Cc1oc(-c2ccc(F)cc2)nc1COC1CCCC(COC(C)(C)C(=O)O)C1.Cc1oc(-c2ccc(F)cc2)nc1COC1CCCC(COC(C)(C)C(=O)OC(C)(C)C)C1. The van der Waals surface area contributed by atoms with E-state index in [1.165, 1.54) is 24.3 Å². The first-order valence-electron chi connectivity index (χ1n) is 21.6. The number of carbonyl (C=O) groups is 2. The lowest BCUT2D eigenvalue weighted by Gasteiger charge is -2.33. The van der Waals surface area contributed by atoms with E-state index in [-0.39, 0.29) is 35.7 Å². The molecule has 14 heteroatoms. The molecule has 6 rings (SSSR count). The van der Waals surface area contributed by atoms with E-state index in [2.05, 4.69) is 9.97 Å². The molecule has 2 heterocycles. The van der Waals surface area contributed by atoms with Gasteiger partial charge in [0.1, 0.15) is 40.1 Å². The van der Waals surface area contributed by atoms with Crippen LogP contribution in [0.25, 0.3) is 22.9 Å². The van der Waals surface area contributed by atoms with E-state index in [9.17, 15) is 23.5 Å². The van der Waals surface area contributed by atoms with Crippen LogP contribution in [0.2, 0.25) is 0 Å². The number of rotatable bonds is 16. The third kappa shape index (κ3) is 14.5. The van der Waals surface area contributed by atoms with Crippen molar-refractivity contribution in [1.82, 2.24) is 9.97 Å². The number of carbonyl (C=O) groups excluding carboxylic acids is 1. The van der Waals surface area contributed by atoms with Crippen molar-refractivity contribution in [1.29, 1.82) is 0 Å². The van der Waals surface area contributed by atoms with Gasteiger partial charge in [-0.05, 0) is 161 Å². The highest BCUT2D eigenvalue weighted by Crippen LogP contribution is 2.32. The zero-order chi connectivity index (χ0) is 45.2. The number of oxazole rings is 2. The van der Waals surface area contributed by atoms with Crippen LogP contribution in [-0.4, -0.2) is 69.2 Å². The molecule has 4 aromatic rings. The van der Waals surface area contributed by atoms with Crippen molar-refractivity contribution in [3.05, 3.63) is 83.1 Å². The molecule has 2 aromatic heterocycles. The lowest BCUT2D eigenvalue weighted by atomic mass is 9.87. The standard InChI is InChI=1S/C26H36FNO5.C22H28FNO5/c1-17-22(28-23(32-17)19-10-12-20(27)13-11-19)16-30-21-9-7-8-18(14-21)15-31-26(5,6)24(29)33-25(2,3)4;1-14-19(24-20(29-14)16-7-9-17(23)10-8-16)13-27-18-6-4-5-15(11-18)12-28-22(2,3)21(25)26/h10-13,18,21H,7-9,14-16H2,1-6H3;7-10,15,18H,4-6,11-13H2,1-3H3,(H,25,26). The predicted octanol–water partition coefficient (Wildman–Crippen LogP) is 10.7. The fourth-order valence-electron chi connectivity index (χ4n) is 7.21. The second kappa shape index (κ2) is 21.2. The van der Waals surface area contributed by atoms with Gasteiger partial charge in [-0.15, -0.1) is 0 Å². The molecule has 1 N–H and O–H groups in total. The van der Waals surface area contributed by atoms with Gasteiger partial charge in [0.05, 0.1) is 38.6 Å². The van der Waals surface area contributed by atoms with Gasteiger partial charge in [-0.3, -0.25) is 0 Å². The van der Waals surface area contributed by atoms with Crippen molar-refractivity contribution < 1.29 is 56.0 Å². The summed E-state index contributed by atoms with van der Waals surface area (Å²) in [7, 11) is 0. The zero-order valence-electron chi connectivity index (χ0n) is 37.7. The highest BCUT2D eigenvalue weighted by Gasteiger charge is 2.35. The number of carboxylic acid groups (broad SMARTS) is 1. The number of aryl methyl sites for hydroxylation is 2. The fourth-order valence-corrected chi connectivity index (χ4v) is 7.21. The van der Waals surface area contributed by atoms with Crippen LogP contribution in [0.1, 0.15) is 123 Å². The summed E-state index contributed by atoms with van der Waals surface area (Å²) in [4.78, 5) is 32.6. The molecule has 2 fully saturated rings. The van der Waals surface area contributed by atoms with Crippen LogP contribution in [0.4, 0.5) is 8.78 Å². The minimum Gasteiger partial charge on any atom is -0.479 e. The Morgan fingerprint density at radius 2 is 1.06 bits per heavy atom. The molecular formula is C48H64F2N2O10. The van der Waals surface area contributed by atoms with Crippen molar-refractivity contribution in [3.63, 3.8) is 0 Å². The van der Waals surface area contributed by atoms with Crippen LogP contribution in [0.3, 0.4) is 0 Å². The van der Waals surface area contributed by atoms with Crippen LogP contribution in [0, 0.1) is 37.3 Å². The molecule has 62 heavy (non-hydrogen) atoms. The first-order chi connectivity index (χ1) is 29.2. The van der Waals surface area contributed by atoms with Crippen LogP contribution in [0.15, 0.2) is 57.4 Å². The normalized spacial score (nSPS) is 19.7. The van der Waals surface area contributed by atoms with E-state index in [1.807, 2.05) is 34.6 Å². The number of aliphatic carboxylic acids is 1. The number of hydrogen-bond acceptors (Lipinski definition) is 11. The Morgan fingerprint density at radius 1 is 0.661 bits per heavy atom. The summed E-state index contributed by atoms with van der Waals surface area (Å²) in [6, 6.07) is 12.1. The van der Waals surface area contributed by atoms with Crippen LogP contribution < -0.4 is 0 Å². The van der Waals surface area contributed by atoms with E-state index in [0.29, 0.717) is 55.6 Å². The number of halogens is 2. The maximum Gasteiger partial charge on any atom is 0.338 e. The smallest absolute Gasteiger partial charge is 0.338 e. The monoisotopic (exact) mass is 866 g/mol. The van der Waals surface area contributed by atoms with Gasteiger partial charge in [-0.2, -0.15) is 0 Å². The average molecular weight is 867 g/mol. The van der Waals surface area contributed by atoms with Gasteiger partial charge < -0.3 is 37.6 Å². The van der Waals surface area contributed by atoms with Gasteiger partial charge in [0.2, 0.25) is 11.8 Å². The van der Waals surface area contributed by atoms with Gasteiger partial charge in [-0.25, -0.2) is 28.3 Å². The molecular weight excluding hydrogens is 803 g/mol. The number of aromatic nitrogens is 2. The Labute approximate surface area is 364 Å². The number of benzene rings is 2. The minimum atomic E-state index is -1.18. The lowest BCUT2D eigenvalue weighted by molar-refractivity contribution is -0.181. The molecule has 12 nitrogen and oxygen atoms in total. The molecule has 0 bridgehead atoms. The predicted molar refractivity (Wildman–Crippen MR) is 228 cm³/mol. The largest absolute Gasteiger partial charge is 0.479 e. The van der Waals surface area contributed by atoms with E-state index < -0.39 is 22.8 Å². The van der Waals surface area contributed by atoms with Crippen LogP contribution >= 0.6 is 0 Å². The molecule has 340 valence electrons. The summed E-state index contributed by atoms with van der Waals surface area (Å²) in [5.41, 5.74) is 0.216. The van der Waals surface area contributed by atoms with Crippen LogP contribution in [-0.2, 0) is 46.5 Å². The van der Waals surface area contributed by atoms with Gasteiger partial charge in [0, 0.05) is 11.1 Å². The molecule has 4 unspecified atom stereocenters. The average Bonchev–Trinajstić information content (AvgIpc) is 3.79. The Bertz CT molecular complexity index is 2050. The van der Waals surface area contributed by atoms with Crippen molar-refractivity contribution in [2.45, 2.75) is 156 Å². The summed E-state index contributed by atoms with van der Waals surface area (Å²) in [5, 5.41) is 9.17. The van der Waals surface area contributed by atoms with Crippen LogP contribution in [0.5, 0.6) is 0 Å². The quantitative estimate of drug-likeness (QED) is 0.107. The highest BCUT2D eigenvalue weighted by molar-refractivity contribution is 5.79. The first kappa shape index (κ1) is 48.5. The second-order valence-corrected chi connectivity index (χ2v) is 18.4. The maximum absolute atomic E-state index is 13.2. The second-order valence-electron chi connectivity index (χ2n) is 18.4. The van der Waals surface area contributed by atoms with Crippen molar-refractivity contribution in [3.8, 4) is 22.9 Å². The first-order valence-corrected chi connectivity index (χ1v) is 21.6. The van der Waals surface area contributed by atoms with Crippen molar-refractivity contribution in [2.24, 2.45) is 11.8 Å². The molecule has 2 aliphatic rings. The van der Waals surface area contributed by atoms with E-state index in [4.69, 9.17) is 32.5 Å². The number of ether oxygens (including phenoxy) is 5. The van der Waals surface area contributed by atoms with Gasteiger partial charge in [-0.1, -0.05) is 12.8 Å². The maximum atomic E-state index is 13.2. The molecule has 2 saturated carbocycles. The fraction of sp³-hybridized carbons (Fsp3) is 0.583. The molecule has 2 aromatic carbocycles. The topological polar surface area (TPSA) is 153 Å².